The Bertz CT molecular complexity index is 1220. The zero-order valence-corrected chi connectivity index (χ0v) is 22.5. The van der Waals surface area contributed by atoms with Gasteiger partial charge in [0.15, 0.2) is 0 Å². The van der Waals surface area contributed by atoms with Crippen molar-refractivity contribution in [3.63, 3.8) is 0 Å². The fraction of sp³-hybridized carbons (Fsp3) is 0.483. The Morgan fingerprint density at radius 2 is 1.80 bits per heavy atom. The molecule has 0 aromatic heterocycles. The monoisotopic (exact) mass is 561 g/mol. The number of ether oxygens (including phenoxy) is 1. The van der Waals surface area contributed by atoms with E-state index in [0.29, 0.717) is 29.6 Å². The molecule has 1 spiro atoms. The minimum absolute atomic E-state index is 0.0170. The highest BCUT2D eigenvalue weighted by Gasteiger charge is 2.51. The van der Waals surface area contributed by atoms with Gasteiger partial charge in [-0.1, -0.05) is 32.0 Å². The van der Waals surface area contributed by atoms with Crippen LogP contribution in [0.3, 0.4) is 0 Å². The zero-order chi connectivity index (χ0) is 29.1. The van der Waals surface area contributed by atoms with Gasteiger partial charge in [0.2, 0.25) is 0 Å². The van der Waals surface area contributed by atoms with Gasteiger partial charge in [0.05, 0.1) is 18.5 Å². The molecule has 2 N–H and O–H groups in total. The second-order valence-corrected chi connectivity index (χ2v) is 10.9. The number of carbonyl (C=O) groups is 3. The van der Waals surface area contributed by atoms with Crippen LogP contribution in [0.25, 0.3) is 0 Å². The Labute approximate surface area is 231 Å². The van der Waals surface area contributed by atoms with Crippen LogP contribution in [0.5, 0.6) is 5.75 Å². The smallest absolute Gasteiger partial charge is 0.481 e. The van der Waals surface area contributed by atoms with E-state index in [0.717, 1.165) is 31.2 Å². The van der Waals surface area contributed by atoms with Gasteiger partial charge in [0, 0.05) is 30.4 Å². The minimum atomic E-state index is -4.84. The summed E-state index contributed by atoms with van der Waals surface area (Å²) in [5, 5.41) is 11.3. The van der Waals surface area contributed by atoms with Crippen LogP contribution < -0.4 is 15.0 Å². The van der Waals surface area contributed by atoms with Crippen molar-refractivity contribution < 1.29 is 37.4 Å². The SMILES string of the molecule is CC(C)C1CCC2(CC1)CN(c1cccc(OC(F)(F)F)c1)C(=O)N2Cc1ccc(C(=O)NCCC(=O)O)cc1. The lowest BCUT2D eigenvalue weighted by Crippen LogP contribution is -2.49. The van der Waals surface area contributed by atoms with Gasteiger partial charge in [-0.15, -0.1) is 13.2 Å². The van der Waals surface area contributed by atoms with Crippen LogP contribution in [-0.2, 0) is 11.3 Å². The summed E-state index contributed by atoms with van der Waals surface area (Å²) in [6, 6.07) is 12.0. The third kappa shape index (κ3) is 6.86. The van der Waals surface area contributed by atoms with Crippen molar-refractivity contribution in [2.75, 3.05) is 18.0 Å². The maximum atomic E-state index is 13.8. The van der Waals surface area contributed by atoms with Crippen molar-refractivity contribution in [1.82, 2.24) is 10.2 Å². The first-order valence-corrected chi connectivity index (χ1v) is 13.4. The average Bonchev–Trinajstić information content (AvgIpc) is 3.14. The maximum Gasteiger partial charge on any atom is 0.573 e. The number of carbonyl (C=O) groups excluding carboxylic acids is 2. The molecule has 0 radical (unpaired) electrons. The molecular weight excluding hydrogens is 527 g/mol. The number of urea groups is 1. The van der Waals surface area contributed by atoms with E-state index >= 15 is 0 Å². The first-order chi connectivity index (χ1) is 18.9. The molecule has 1 heterocycles. The molecule has 2 fully saturated rings. The summed E-state index contributed by atoms with van der Waals surface area (Å²) in [6.45, 7) is 5.04. The van der Waals surface area contributed by atoms with Gasteiger partial charge in [-0.25, -0.2) is 4.79 Å². The van der Waals surface area contributed by atoms with E-state index in [1.54, 1.807) is 30.3 Å². The molecule has 1 saturated heterocycles. The van der Waals surface area contributed by atoms with Crippen molar-refractivity contribution >= 4 is 23.6 Å². The van der Waals surface area contributed by atoms with Crippen molar-refractivity contribution in [2.24, 2.45) is 11.8 Å². The standard InChI is InChI=1S/C29H34F3N3O5/c1-19(2)21-10-13-28(14-11-21)18-34(23-4-3-5-24(16-23)40-29(30,31)32)27(39)35(28)17-20-6-8-22(9-7-20)26(38)33-15-12-25(36)37/h3-9,16,19,21H,10-15,17-18H2,1-2H3,(H,33,38)(H,36,37). The van der Waals surface area contributed by atoms with Gasteiger partial charge in [-0.3, -0.25) is 14.5 Å². The van der Waals surface area contributed by atoms with Crippen LogP contribution in [0, 0.1) is 11.8 Å². The molecule has 8 nitrogen and oxygen atoms in total. The Morgan fingerprint density at radius 1 is 1.12 bits per heavy atom. The molecule has 1 aliphatic carbocycles. The highest BCUT2D eigenvalue weighted by molar-refractivity contribution is 5.96. The third-order valence-electron chi connectivity index (χ3n) is 7.93. The number of benzene rings is 2. The number of halogens is 3. The van der Waals surface area contributed by atoms with E-state index in [9.17, 15) is 27.6 Å². The number of rotatable bonds is 9. The maximum absolute atomic E-state index is 13.8. The summed E-state index contributed by atoms with van der Waals surface area (Å²) in [6.07, 6.45) is -1.57. The molecule has 1 aliphatic heterocycles. The van der Waals surface area contributed by atoms with Crippen molar-refractivity contribution in [2.45, 2.75) is 64.4 Å². The quantitative estimate of drug-likeness (QED) is 0.402. The highest BCUT2D eigenvalue weighted by Crippen LogP contribution is 2.45. The van der Waals surface area contributed by atoms with Crippen LogP contribution in [-0.4, -0.2) is 52.9 Å². The Morgan fingerprint density at radius 3 is 2.40 bits per heavy atom. The Balaban J connectivity index is 1.55. The number of hydrogen-bond acceptors (Lipinski definition) is 4. The predicted molar refractivity (Wildman–Crippen MR) is 142 cm³/mol. The van der Waals surface area contributed by atoms with Gasteiger partial charge in [0.25, 0.3) is 5.91 Å². The largest absolute Gasteiger partial charge is 0.573 e. The number of aliphatic carboxylic acids is 1. The van der Waals surface area contributed by atoms with E-state index in [1.807, 2.05) is 4.90 Å². The van der Waals surface area contributed by atoms with Gasteiger partial charge in [0.1, 0.15) is 5.75 Å². The number of carboxylic acid groups (broad SMARTS) is 1. The lowest BCUT2D eigenvalue weighted by molar-refractivity contribution is -0.274. The number of anilines is 1. The normalized spacial score (nSPS) is 21.2. The number of hydrogen-bond donors (Lipinski definition) is 2. The lowest BCUT2D eigenvalue weighted by Gasteiger charge is -2.43. The van der Waals surface area contributed by atoms with E-state index in [2.05, 4.69) is 23.9 Å². The van der Waals surface area contributed by atoms with E-state index < -0.39 is 17.9 Å². The zero-order valence-electron chi connectivity index (χ0n) is 22.5. The van der Waals surface area contributed by atoms with Crippen LogP contribution >= 0.6 is 0 Å². The van der Waals surface area contributed by atoms with Crippen molar-refractivity contribution in [3.05, 3.63) is 59.7 Å². The van der Waals surface area contributed by atoms with Crippen LogP contribution in [0.1, 0.15) is 61.9 Å². The van der Waals surface area contributed by atoms with Gasteiger partial charge < -0.3 is 20.1 Å². The van der Waals surface area contributed by atoms with Crippen LogP contribution in [0.15, 0.2) is 48.5 Å². The summed E-state index contributed by atoms with van der Waals surface area (Å²) in [4.78, 5) is 40.2. The molecule has 2 aromatic carbocycles. The Hall–Kier alpha value is -3.76. The number of amides is 3. The van der Waals surface area contributed by atoms with E-state index in [4.69, 9.17) is 5.11 Å². The highest BCUT2D eigenvalue weighted by atomic mass is 19.4. The number of alkyl halides is 3. The molecule has 1 saturated carbocycles. The molecule has 0 unspecified atom stereocenters. The summed E-state index contributed by atoms with van der Waals surface area (Å²) in [7, 11) is 0. The lowest BCUT2D eigenvalue weighted by atomic mass is 9.72. The number of nitrogens with one attached hydrogen (secondary N) is 1. The third-order valence-corrected chi connectivity index (χ3v) is 7.93. The molecular formula is C29H34F3N3O5. The predicted octanol–water partition coefficient (Wildman–Crippen LogP) is 5.82. The van der Waals surface area contributed by atoms with E-state index in [1.165, 1.54) is 23.1 Å². The average molecular weight is 562 g/mol. The molecule has 40 heavy (non-hydrogen) atoms. The minimum Gasteiger partial charge on any atom is -0.481 e. The molecule has 4 rings (SSSR count). The molecule has 3 amide bonds. The number of carboxylic acids is 1. The summed E-state index contributed by atoms with van der Waals surface area (Å²) >= 11 is 0. The van der Waals surface area contributed by atoms with Crippen LogP contribution in [0.2, 0.25) is 0 Å². The molecule has 2 aromatic rings. The van der Waals surface area contributed by atoms with E-state index in [-0.39, 0.29) is 37.2 Å². The summed E-state index contributed by atoms with van der Waals surface area (Å²) in [5.41, 5.74) is 1.04. The van der Waals surface area contributed by atoms with Crippen LogP contribution in [0.4, 0.5) is 23.7 Å². The molecule has 0 atom stereocenters. The molecule has 216 valence electrons. The summed E-state index contributed by atoms with van der Waals surface area (Å²) in [5.74, 6) is -0.717. The second kappa shape index (κ2) is 11.8. The molecule has 11 heteroatoms. The molecule has 0 bridgehead atoms. The van der Waals surface area contributed by atoms with Crippen molar-refractivity contribution in [3.8, 4) is 5.75 Å². The first kappa shape index (κ1) is 29.2. The summed E-state index contributed by atoms with van der Waals surface area (Å²) < 4.78 is 42.6. The second-order valence-electron chi connectivity index (χ2n) is 10.9. The first-order valence-electron chi connectivity index (χ1n) is 13.4. The van der Waals surface area contributed by atoms with Gasteiger partial charge in [-0.05, 0) is 67.3 Å². The van der Waals surface area contributed by atoms with Crippen molar-refractivity contribution in [1.29, 1.82) is 0 Å². The fourth-order valence-corrected chi connectivity index (χ4v) is 5.68. The fourth-order valence-electron chi connectivity index (χ4n) is 5.68. The topological polar surface area (TPSA) is 99.2 Å². The van der Waals surface area contributed by atoms with Gasteiger partial charge >= 0.3 is 18.4 Å². The molecule has 2 aliphatic rings. The number of nitrogens with zero attached hydrogens (tertiary/aromatic N) is 2. The Kier molecular flexibility index (Phi) is 8.60. The van der Waals surface area contributed by atoms with Gasteiger partial charge in [-0.2, -0.15) is 0 Å².